The molecule has 154 valence electrons. The van der Waals surface area contributed by atoms with Crippen molar-refractivity contribution < 1.29 is 24.2 Å². The lowest BCUT2D eigenvalue weighted by Gasteiger charge is -2.63. The van der Waals surface area contributed by atoms with Crippen molar-refractivity contribution in [2.45, 2.75) is 57.2 Å². The minimum Gasteiger partial charge on any atom is -0.391 e. The molecule has 6 heteroatoms. The Bertz CT molecular complexity index is 793. The molecule has 4 aliphatic rings. The first-order valence-electron chi connectivity index (χ1n) is 10.1. The highest BCUT2D eigenvalue weighted by Gasteiger charge is 2.71. The molecule has 9 atom stereocenters. The van der Waals surface area contributed by atoms with Crippen LogP contribution in [0.25, 0.3) is 0 Å². The predicted molar refractivity (Wildman–Crippen MR) is 104 cm³/mol. The Hall–Kier alpha value is -1.04. The Kier molecular flexibility index (Phi) is 4.50. The van der Waals surface area contributed by atoms with E-state index in [9.17, 15) is 19.8 Å². The second-order valence-electron chi connectivity index (χ2n) is 9.76. The van der Waals surface area contributed by atoms with E-state index >= 15 is 4.39 Å². The number of aliphatic hydroxyl groups excluding tert-OH is 2. The zero-order valence-corrected chi connectivity index (χ0v) is 17.2. The maximum Gasteiger partial charge on any atom is 0.178 e. The number of allylic oxidation sites excluding steroid dienone is 4. The molecule has 0 aromatic carbocycles. The van der Waals surface area contributed by atoms with E-state index in [-0.39, 0.29) is 41.7 Å². The van der Waals surface area contributed by atoms with E-state index in [2.05, 4.69) is 0 Å². The smallest absolute Gasteiger partial charge is 0.178 e. The molecule has 0 aromatic rings. The lowest BCUT2D eigenvalue weighted by Crippen LogP contribution is -2.67. The number of aliphatic hydroxyl groups is 2. The van der Waals surface area contributed by atoms with Crippen molar-refractivity contribution in [2.24, 2.45) is 34.5 Å². The van der Waals surface area contributed by atoms with E-state index < -0.39 is 34.6 Å². The Morgan fingerprint density at radius 1 is 1.32 bits per heavy atom. The fraction of sp³-hybridized carbons (Fsp3) is 0.727. The van der Waals surface area contributed by atoms with Gasteiger partial charge in [-0.3, -0.25) is 9.59 Å². The van der Waals surface area contributed by atoms with E-state index in [1.54, 1.807) is 6.08 Å². The van der Waals surface area contributed by atoms with Crippen molar-refractivity contribution in [2.75, 3.05) is 6.61 Å². The van der Waals surface area contributed by atoms with Crippen molar-refractivity contribution in [3.05, 3.63) is 23.8 Å². The van der Waals surface area contributed by atoms with Crippen LogP contribution in [-0.4, -0.2) is 45.5 Å². The summed E-state index contributed by atoms with van der Waals surface area (Å²) in [4.78, 5) is 23.3. The van der Waals surface area contributed by atoms with Crippen molar-refractivity contribution in [1.82, 2.24) is 0 Å². The summed E-state index contributed by atoms with van der Waals surface area (Å²) in [7, 11) is 0. The van der Waals surface area contributed by atoms with Crippen molar-refractivity contribution >= 4 is 23.2 Å². The van der Waals surface area contributed by atoms with Gasteiger partial charge < -0.3 is 10.2 Å². The maximum absolute atomic E-state index is 15.3. The number of alkyl halides is 2. The molecule has 0 amide bonds. The second kappa shape index (κ2) is 6.23. The first kappa shape index (κ1) is 20.2. The van der Waals surface area contributed by atoms with E-state index in [4.69, 9.17) is 11.6 Å². The van der Waals surface area contributed by atoms with Gasteiger partial charge in [0.05, 0.1) is 11.0 Å². The summed E-state index contributed by atoms with van der Waals surface area (Å²) in [5.74, 6) is -1.18. The van der Waals surface area contributed by atoms with Crippen LogP contribution in [0.1, 0.15) is 40.0 Å². The standard InChI is InChI=1S/C22H28ClFO4/c1-11-6-13-14-8-16(24)15-7-12(26)4-5-21(15,3)22(14,23)18(28)9-20(13,2)19(11)17(27)10-25/h4-5,7,11,13-14,16,18-19,25,28H,6,8-10H2,1-3H3/t11-,13+,14-,16+,18+,19-,20+,21+,22+/m1/s1. The van der Waals surface area contributed by atoms with Crippen molar-refractivity contribution in [3.63, 3.8) is 0 Å². The van der Waals surface area contributed by atoms with Crippen molar-refractivity contribution in [1.29, 1.82) is 0 Å². The second-order valence-corrected chi connectivity index (χ2v) is 10.4. The highest BCUT2D eigenvalue weighted by molar-refractivity contribution is 6.26. The average molecular weight is 411 g/mol. The number of rotatable bonds is 2. The van der Waals surface area contributed by atoms with Crippen LogP contribution in [0.15, 0.2) is 23.8 Å². The van der Waals surface area contributed by atoms with Crippen LogP contribution in [-0.2, 0) is 9.59 Å². The van der Waals surface area contributed by atoms with Gasteiger partial charge in [-0.1, -0.05) is 26.8 Å². The normalized spacial score (nSPS) is 52.5. The summed E-state index contributed by atoms with van der Waals surface area (Å²) in [5, 5.41) is 20.8. The highest BCUT2D eigenvalue weighted by Crippen LogP contribution is 2.70. The van der Waals surface area contributed by atoms with E-state index in [0.717, 1.165) is 0 Å². The van der Waals surface area contributed by atoms with Gasteiger partial charge in [0, 0.05) is 11.3 Å². The van der Waals surface area contributed by atoms with Crippen LogP contribution in [0.3, 0.4) is 0 Å². The molecule has 4 nitrogen and oxygen atoms in total. The maximum atomic E-state index is 15.3. The van der Waals surface area contributed by atoms with E-state index in [1.807, 2.05) is 20.8 Å². The molecule has 0 spiro atoms. The van der Waals surface area contributed by atoms with Gasteiger partial charge in [0.1, 0.15) is 12.8 Å². The third-order valence-corrected chi connectivity index (χ3v) is 9.40. The molecule has 2 N–H and O–H groups in total. The number of carbonyl (C=O) groups is 2. The Morgan fingerprint density at radius 3 is 2.64 bits per heavy atom. The zero-order chi connectivity index (χ0) is 20.6. The molecule has 0 radical (unpaired) electrons. The topological polar surface area (TPSA) is 74.6 Å². The lowest BCUT2D eigenvalue weighted by atomic mass is 9.46. The third-order valence-electron chi connectivity index (χ3n) is 8.47. The number of ketones is 2. The van der Waals surface area contributed by atoms with Gasteiger partial charge in [-0.25, -0.2) is 4.39 Å². The van der Waals surface area contributed by atoms with Crippen LogP contribution in [0.4, 0.5) is 4.39 Å². The van der Waals surface area contributed by atoms with Gasteiger partial charge in [0.2, 0.25) is 0 Å². The largest absolute Gasteiger partial charge is 0.391 e. The lowest BCUT2D eigenvalue weighted by molar-refractivity contribution is -0.140. The number of carbonyl (C=O) groups excluding carboxylic acids is 2. The number of halogens is 2. The van der Waals surface area contributed by atoms with Gasteiger partial charge in [0.25, 0.3) is 0 Å². The van der Waals surface area contributed by atoms with Crippen LogP contribution < -0.4 is 0 Å². The summed E-state index contributed by atoms with van der Waals surface area (Å²) in [6.07, 6.45) is 3.31. The van der Waals surface area contributed by atoms with Gasteiger partial charge in [0.15, 0.2) is 11.6 Å². The van der Waals surface area contributed by atoms with Crippen LogP contribution >= 0.6 is 11.6 Å². The molecule has 0 aromatic heterocycles. The highest BCUT2D eigenvalue weighted by atomic mass is 35.5. The minimum atomic E-state index is -1.31. The van der Waals surface area contributed by atoms with Gasteiger partial charge in [-0.05, 0) is 60.2 Å². The third kappa shape index (κ3) is 2.30. The number of hydrogen-bond acceptors (Lipinski definition) is 4. The van der Waals surface area contributed by atoms with Gasteiger partial charge in [-0.15, -0.1) is 11.6 Å². The van der Waals surface area contributed by atoms with Gasteiger partial charge in [-0.2, -0.15) is 0 Å². The number of hydrogen-bond donors (Lipinski definition) is 2. The molecule has 0 saturated heterocycles. The molecule has 3 fully saturated rings. The van der Waals surface area contributed by atoms with Crippen LogP contribution in [0.5, 0.6) is 0 Å². The van der Waals surface area contributed by atoms with Gasteiger partial charge >= 0.3 is 0 Å². The molecular formula is C22H28ClFO4. The monoisotopic (exact) mass is 410 g/mol. The fourth-order valence-corrected chi connectivity index (χ4v) is 7.85. The summed E-state index contributed by atoms with van der Waals surface area (Å²) < 4.78 is 15.3. The summed E-state index contributed by atoms with van der Waals surface area (Å²) in [5.41, 5.74) is -1.15. The number of Topliss-reactive ketones (excluding diaryl/α,β-unsaturated/α-hetero) is 1. The molecule has 4 rings (SSSR count). The molecule has 4 aliphatic carbocycles. The van der Waals surface area contributed by atoms with E-state index in [0.29, 0.717) is 18.4 Å². The Balaban J connectivity index is 1.84. The summed E-state index contributed by atoms with van der Waals surface area (Å²) in [6, 6.07) is 0. The molecule has 3 saturated carbocycles. The molecule has 0 heterocycles. The van der Waals surface area contributed by atoms with Crippen molar-refractivity contribution in [3.8, 4) is 0 Å². The first-order valence-corrected chi connectivity index (χ1v) is 10.5. The average Bonchev–Trinajstić information content (AvgIpc) is 2.89. The number of fused-ring (bicyclic) bond motifs is 5. The molecule has 28 heavy (non-hydrogen) atoms. The fourth-order valence-electron chi connectivity index (χ4n) is 7.36. The van der Waals surface area contributed by atoms with Crippen LogP contribution in [0.2, 0.25) is 0 Å². The summed E-state index contributed by atoms with van der Waals surface area (Å²) in [6.45, 7) is 5.27. The molecule has 0 unspecified atom stereocenters. The minimum absolute atomic E-state index is 0.0344. The van der Waals surface area contributed by atoms with Crippen LogP contribution in [0, 0.1) is 34.5 Å². The Morgan fingerprint density at radius 2 is 2.00 bits per heavy atom. The first-order chi connectivity index (χ1) is 13.0. The quantitative estimate of drug-likeness (QED) is 0.686. The summed E-state index contributed by atoms with van der Waals surface area (Å²) >= 11 is 7.24. The SMILES string of the molecule is C[C@@H]1C[C@H]2[C@H]3C[C@H](F)C4=CC(=O)C=C[C@]4(C)[C@@]3(Cl)[C@@H](O)C[C@]2(C)[C@H]1C(=O)CO. The zero-order valence-electron chi connectivity index (χ0n) is 16.5. The van der Waals surface area contributed by atoms with E-state index in [1.165, 1.54) is 12.2 Å². The Labute approximate surface area is 169 Å². The molecular weight excluding hydrogens is 383 g/mol. The molecule has 0 aliphatic heterocycles. The predicted octanol–water partition coefficient (Wildman–Crippen LogP) is 3.00. The molecule has 0 bridgehead atoms.